The number of nitrogens with zero attached hydrogens (tertiary/aromatic N) is 4. The van der Waals surface area contributed by atoms with Gasteiger partial charge in [-0.1, -0.05) is 6.42 Å². The van der Waals surface area contributed by atoms with Crippen molar-refractivity contribution < 1.29 is 4.74 Å². The zero-order valence-electron chi connectivity index (χ0n) is 10.8. The van der Waals surface area contributed by atoms with Gasteiger partial charge in [-0.05, 0) is 38.0 Å². The first-order valence-electron chi connectivity index (χ1n) is 6.43. The first-order valence-corrected chi connectivity index (χ1v) is 6.81. The van der Waals surface area contributed by atoms with E-state index in [4.69, 9.17) is 16.3 Å². The number of likely N-dealkylation sites (tertiary alicyclic amines) is 1. The fourth-order valence-electron chi connectivity index (χ4n) is 2.42. The van der Waals surface area contributed by atoms with E-state index >= 15 is 0 Å². The maximum absolute atomic E-state index is 5.87. The lowest BCUT2D eigenvalue weighted by atomic mass is 10.0. The third-order valence-corrected chi connectivity index (χ3v) is 3.75. The highest BCUT2D eigenvalue weighted by atomic mass is 35.5. The average molecular weight is 282 g/mol. The molecule has 7 heteroatoms. The highest BCUT2D eigenvalue weighted by molar-refractivity contribution is 6.28. The summed E-state index contributed by atoms with van der Waals surface area (Å²) < 4.78 is 5.83. The molecule has 2 aromatic heterocycles. The van der Waals surface area contributed by atoms with Crippen LogP contribution in [0.2, 0.25) is 5.28 Å². The van der Waals surface area contributed by atoms with E-state index in [1.807, 2.05) is 0 Å². The number of ether oxygens (including phenoxy) is 1. The van der Waals surface area contributed by atoms with Gasteiger partial charge in [0, 0.05) is 6.04 Å². The lowest BCUT2D eigenvalue weighted by molar-refractivity contribution is 0.123. The molecule has 3 heterocycles. The third kappa shape index (κ3) is 2.64. The van der Waals surface area contributed by atoms with E-state index in [-0.39, 0.29) is 5.28 Å². The predicted octanol–water partition coefficient (Wildman–Crippen LogP) is 1.87. The second-order valence-corrected chi connectivity index (χ2v) is 5.21. The second kappa shape index (κ2) is 5.30. The minimum atomic E-state index is 0.170. The largest absolute Gasteiger partial charge is 0.475 e. The minimum Gasteiger partial charge on any atom is -0.475 e. The lowest BCUT2D eigenvalue weighted by Gasteiger charge is -2.31. The number of halogens is 1. The van der Waals surface area contributed by atoms with Crippen molar-refractivity contribution in [2.24, 2.45) is 0 Å². The molecular weight excluding hydrogens is 266 g/mol. The SMILES string of the molecule is CN1CCCCC1COc1nc(Cl)nc2[nH]ncc12. The first-order chi connectivity index (χ1) is 9.24. The van der Waals surface area contributed by atoms with E-state index in [2.05, 4.69) is 32.1 Å². The lowest BCUT2D eigenvalue weighted by Crippen LogP contribution is -2.40. The van der Waals surface area contributed by atoms with Crippen LogP contribution in [0.3, 0.4) is 0 Å². The molecule has 6 nitrogen and oxygen atoms in total. The summed E-state index contributed by atoms with van der Waals surface area (Å²) in [7, 11) is 2.13. The second-order valence-electron chi connectivity index (χ2n) is 4.87. The first kappa shape index (κ1) is 12.6. The van der Waals surface area contributed by atoms with Crippen molar-refractivity contribution in [3.63, 3.8) is 0 Å². The van der Waals surface area contributed by atoms with E-state index in [9.17, 15) is 0 Å². The summed E-state index contributed by atoms with van der Waals surface area (Å²) in [5.74, 6) is 0.503. The number of hydrogen-bond acceptors (Lipinski definition) is 5. The highest BCUT2D eigenvalue weighted by Crippen LogP contribution is 2.23. The van der Waals surface area contributed by atoms with Crippen LogP contribution in [0.15, 0.2) is 6.20 Å². The summed E-state index contributed by atoms with van der Waals surface area (Å²) in [5, 5.41) is 7.64. The number of H-pyrrole nitrogens is 1. The van der Waals surface area contributed by atoms with Gasteiger partial charge in [0.15, 0.2) is 5.65 Å². The van der Waals surface area contributed by atoms with Gasteiger partial charge in [0.25, 0.3) is 0 Å². The van der Waals surface area contributed by atoms with E-state index in [0.717, 1.165) is 18.4 Å². The smallest absolute Gasteiger partial charge is 0.229 e. The van der Waals surface area contributed by atoms with E-state index in [1.165, 1.54) is 12.8 Å². The van der Waals surface area contributed by atoms with Crippen molar-refractivity contribution in [2.75, 3.05) is 20.2 Å². The number of rotatable bonds is 3. The Labute approximate surface area is 116 Å². The highest BCUT2D eigenvalue weighted by Gasteiger charge is 2.20. The number of aromatic amines is 1. The van der Waals surface area contributed by atoms with Crippen LogP contribution in [0.5, 0.6) is 5.88 Å². The van der Waals surface area contributed by atoms with Crippen LogP contribution in [0.4, 0.5) is 0 Å². The van der Waals surface area contributed by atoms with Crippen LogP contribution in [0.25, 0.3) is 11.0 Å². The quantitative estimate of drug-likeness (QED) is 0.870. The van der Waals surface area contributed by atoms with Gasteiger partial charge in [-0.3, -0.25) is 5.10 Å². The summed E-state index contributed by atoms with van der Waals surface area (Å²) in [5.41, 5.74) is 0.604. The van der Waals surface area contributed by atoms with Crippen LogP contribution >= 0.6 is 11.6 Å². The van der Waals surface area contributed by atoms with Gasteiger partial charge in [0.05, 0.1) is 6.20 Å². The van der Waals surface area contributed by atoms with Crippen LogP contribution in [0, 0.1) is 0 Å². The standard InChI is InChI=1S/C12H16ClN5O/c1-18-5-3-2-4-8(18)7-19-11-9-6-14-17-10(9)15-12(13)16-11/h6,8H,2-5,7H2,1H3,(H,14,15,16,17). The molecule has 0 saturated carbocycles. The molecule has 1 aliphatic heterocycles. The molecule has 0 amide bonds. The molecular formula is C12H16ClN5O. The normalized spacial score (nSPS) is 20.8. The number of hydrogen-bond donors (Lipinski definition) is 1. The molecule has 3 rings (SSSR count). The minimum absolute atomic E-state index is 0.170. The zero-order chi connectivity index (χ0) is 13.2. The van der Waals surface area contributed by atoms with Crippen molar-refractivity contribution in [3.8, 4) is 5.88 Å². The van der Waals surface area contributed by atoms with Crippen molar-refractivity contribution >= 4 is 22.6 Å². The maximum Gasteiger partial charge on any atom is 0.229 e. The Balaban J connectivity index is 1.75. The third-order valence-electron chi connectivity index (χ3n) is 3.58. The van der Waals surface area contributed by atoms with Gasteiger partial charge in [0.2, 0.25) is 11.2 Å². The van der Waals surface area contributed by atoms with Gasteiger partial charge in [-0.15, -0.1) is 0 Å². The summed E-state index contributed by atoms with van der Waals surface area (Å²) in [4.78, 5) is 10.5. The maximum atomic E-state index is 5.87. The molecule has 1 saturated heterocycles. The van der Waals surface area contributed by atoms with E-state index in [1.54, 1.807) is 6.20 Å². The molecule has 0 aromatic carbocycles. The molecule has 0 spiro atoms. The predicted molar refractivity (Wildman–Crippen MR) is 72.5 cm³/mol. The molecule has 19 heavy (non-hydrogen) atoms. The van der Waals surface area contributed by atoms with E-state index in [0.29, 0.717) is 24.2 Å². The van der Waals surface area contributed by atoms with Gasteiger partial charge in [-0.25, -0.2) is 0 Å². The van der Waals surface area contributed by atoms with Crippen LogP contribution in [-0.2, 0) is 0 Å². The Morgan fingerprint density at radius 3 is 3.21 bits per heavy atom. The Morgan fingerprint density at radius 2 is 2.37 bits per heavy atom. The van der Waals surface area contributed by atoms with Crippen LogP contribution in [-0.4, -0.2) is 51.3 Å². The molecule has 1 aliphatic rings. The fourth-order valence-corrected chi connectivity index (χ4v) is 2.58. The molecule has 2 aromatic rings. The molecule has 1 N–H and O–H groups in total. The summed E-state index contributed by atoms with van der Waals surface area (Å²) >= 11 is 5.87. The number of fused-ring (bicyclic) bond motifs is 1. The fraction of sp³-hybridized carbons (Fsp3) is 0.583. The van der Waals surface area contributed by atoms with Crippen LogP contribution in [0.1, 0.15) is 19.3 Å². The molecule has 102 valence electrons. The van der Waals surface area contributed by atoms with E-state index < -0.39 is 0 Å². The summed E-state index contributed by atoms with van der Waals surface area (Å²) in [6, 6.07) is 0.435. The Hall–Kier alpha value is -1.40. The Kier molecular flexibility index (Phi) is 3.52. The zero-order valence-corrected chi connectivity index (χ0v) is 11.5. The molecule has 0 aliphatic carbocycles. The average Bonchev–Trinajstić information content (AvgIpc) is 2.85. The van der Waals surface area contributed by atoms with Gasteiger partial charge in [-0.2, -0.15) is 15.1 Å². The molecule has 1 unspecified atom stereocenters. The van der Waals surface area contributed by atoms with Gasteiger partial charge in [0.1, 0.15) is 12.0 Å². The summed E-state index contributed by atoms with van der Waals surface area (Å²) in [6.45, 7) is 1.74. The Bertz CT molecular complexity index is 572. The van der Waals surface area contributed by atoms with Crippen LogP contribution < -0.4 is 4.74 Å². The Morgan fingerprint density at radius 1 is 1.47 bits per heavy atom. The van der Waals surface area contributed by atoms with Gasteiger partial charge >= 0.3 is 0 Å². The summed E-state index contributed by atoms with van der Waals surface area (Å²) in [6.07, 6.45) is 5.33. The molecule has 1 fully saturated rings. The van der Waals surface area contributed by atoms with Crippen molar-refractivity contribution in [1.29, 1.82) is 0 Å². The number of nitrogens with one attached hydrogen (secondary N) is 1. The number of likely N-dealkylation sites (N-methyl/N-ethyl adjacent to an activating group) is 1. The molecule has 0 radical (unpaired) electrons. The topological polar surface area (TPSA) is 66.9 Å². The number of piperidine rings is 1. The monoisotopic (exact) mass is 281 g/mol. The van der Waals surface area contributed by atoms with Gasteiger partial charge < -0.3 is 9.64 Å². The van der Waals surface area contributed by atoms with Crippen molar-refractivity contribution in [2.45, 2.75) is 25.3 Å². The van der Waals surface area contributed by atoms with Crippen molar-refractivity contribution in [1.82, 2.24) is 25.1 Å². The molecule has 0 bridgehead atoms. The number of aromatic nitrogens is 4. The molecule has 1 atom stereocenters. The van der Waals surface area contributed by atoms with Crippen molar-refractivity contribution in [3.05, 3.63) is 11.5 Å².